The van der Waals surface area contributed by atoms with Crippen LogP contribution < -0.4 is 15.4 Å². The number of hydrogen-bond donors (Lipinski definition) is 2. The fourth-order valence-electron chi connectivity index (χ4n) is 3.40. The van der Waals surface area contributed by atoms with Crippen molar-refractivity contribution >= 4 is 34.1 Å². The van der Waals surface area contributed by atoms with Crippen molar-refractivity contribution in [2.75, 3.05) is 19.0 Å². The zero-order chi connectivity index (χ0) is 20.1. The maximum atomic E-state index is 12.2. The first kappa shape index (κ1) is 18.6. The number of benzene rings is 1. The zero-order valence-corrected chi connectivity index (χ0v) is 17.0. The van der Waals surface area contributed by atoms with Crippen LogP contribution in [0.25, 0.3) is 22.2 Å². The third-order valence-electron chi connectivity index (χ3n) is 4.55. The molecule has 0 fully saturated rings. The van der Waals surface area contributed by atoms with Crippen molar-refractivity contribution in [3.8, 4) is 17.0 Å². The molecule has 28 heavy (non-hydrogen) atoms. The molecule has 8 heteroatoms. The van der Waals surface area contributed by atoms with Crippen molar-refractivity contribution < 1.29 is 9.53 Å². The highest BCUT2D eigenvalue weighted by molar-refractivity contribution is 6.36. The van der Waals surface area contributed by atoms with Gasteiger partial charge in [0, 0.05) is 35.3 Å². The molecule has 0 saturated heterocycles. The highest BCUT2D eigenvalue weighted by atomic mass is 35.5. The lowest BCUT2D eigenvalue weighted by molar-refractivity contribution is 0.0924. The summed E-state index contributed by atoms with van der Waals surface area (Å²) in [4.78, 5) is 16.7. The first-order valence-electron chi connectivity index (χ1n) is 9.08. The lowest BCUT2D eigenvalue weighted by Gasteiger charge is -2.24. The molecule has 0 spiro atoms. The van der Waals surface area contributed by atoms with Gasteiger partial charge in [-0.15, -0.1) is 0 Å². The van der Waals surface area contributed by atoms with E-state index in [9.17, 15) is 4.79 Å². The largest absolute Gasteiger partial charge is 0.495 e. The molecule has 1 aliphatic rings. The Hall–Kier alpha value is -2.80. The highest BCUT2D eigenvalue weighted by Gasteiger charge is 2.27. The van der Waals surface area contributed by atoms with E-state index >= 15 is 0 Å². The molecular formula is C20H22ClN5O2. The van der Waals surface area contributed by atoms with Crippen LogP contribution in [0.5, 0.6) is 5.75 Å². The number of anilines is 1. The maximum absolute atomic E-state index is 12.2. The van der Waals surface area contributed by atoms with E-state index in [1.165, 1.54) is 0 Å². The normalized spacial score (nSPS) is 14.0. The van der Waals surface area contributed by atoms with Crippen molar-refractivity contribution in [2.24, 2.45) is 0 Å². The summed E-state index contributed by atoms with van der Waals surface area (Å²) in [6.45, 7) is 7.38. The Balaban J connectivity index is 1.93. The fraction of sp³-hybridized carbons (Fsp3) is 0.350. The summed E-state index contributed by atoms with van der Waals surface area (Å²) in [5, 5.41) is 12.1. The molecule has 0 atom stereocenters. The van der Waals surface area contributed by atoms with E-state index in [0.29, 0.717) is 35.2 Å². The smallest absolute Gasteiger partial charge is 0.271 e. The Morgan fingerprint density at radius 2 is 2.11 bits per heavy atom. The van der Waals surface area contributed by atoms with E-state index in [1.54, 1.807) is 18.0 Å². The Bertz CT molecular complexity index is 1080. The highest BCUT2D eigenvalue weighted by Crippen LogP contribution is 2.38. The van der Waals surface area contributed by atoms with E-state index in [2.05, 4.69) is 41.5 Å². The molecule has 3 aromatic rings. The third-order valence-corrected chi connectivity index (χ3v) is 4.90. The van der Waals surface area contributed by atoms with Gasteiger partial charge in [-0.25, -0.2) is 0 Å². The zero-order valence-electron chi connectivity index (χ0n) is 16.3. The average molecular weight is 400 g/mol. The van der Waals surface area contributed by atoms with Crippen molar-refractivity contribution in [3.05, 3.63) is 35.1 Å². The van der Waals surface area contributed by atoms with Crippen LogP contribution in [0, 0.1) is 0 Å². The lowest BCUT2D eigenvalue weighted by atomic mass is 10.0. The summed E-state index contributed by atoms with van der Waals surface area (Å²) in [6.07, 6.45) is 1.71. The van der Waals surface area contributed by atoms with Gasteiger partial charge in [-0.05, 0) is 32.9 Å². The molecule has 1 aliphatic heterocycles. The number of hydrogen-bond acceptors (Lipinski definition) is 5. The average Bonchev–Trinajstić information content (AvgIpc) is 2.97. The minimum absolute atomic E-state index is 0.146. The number of methoxy groups -OCH3 is 1. The minimum Gasteiger partial charge on any atom is -0.495 e. The topological polar surface area (TPSA) is 81.1 Å². The van der Waals surface area contributed by atoms with Gasteiger partial charge in [0.05, 0.1) is 29.9 Å². The van der Waals surface area contributed by atoms with Gasteiger partial charge >= 0.3 is 0 Å². The summed E-state index contributed by atoms with van der Waals surface area (Å²) >= 11 is 6.57. The van der Waals surface area contributed by atoms with Crippen LogP contribution in [0.4, 0.5) is 5.69 Å². The number of carbonyl (C=O) groups is 1. The first-order chi connectivity index (χ1) is 13.3. The van der Waals surface area contributed by atoms with Crippen molar-refractivity contribution in [1.29, 1.82) is 0 Å². The van der Waals surface area contributed by atoms with E-state index in [-0.39, 0.29) is 11.4 Å². The van der Waals surface area contributed by atoms with Crippen LogP contribution in [-0.4, -0.2) is 39.9 Å². The quantitative estimate of drug-likeness (QED) is 0.701. The predicted octanol–water partition coefficient (Wildman–Crippen LogP) is 3.71. The van der Waals surface area contributed by atoms with Gasteiger partial charge < -0.3 is 15.4 Å². The molecule has 0 aliphatic carbocycles. The lowest BCUT2D eigenvalue weighted by Crippen LogP contribution is -2.35. The van der Waals surface area contributed by atoms with Crippen LogP contribution in [-0.2, 0) is 6.54 Å². The van der Waals surface area contributed by atoms with Crippen LogP contribution in [0.2, 0.25) is 5.02 Å². The number of ether oxygens (including phenoxy) is 1. The van der Waals surface area contributed by atoms with Gasteiger partial charge in [-0.2, -0.15) is 5.10 Å². The molecule has 0 bridgehead atoms. The Morgan fingerprint density at radius 1 is 1.32 bits per heavy atom. The number of pyridine rings is 1. The molecule has 2 aromatic heterocycles. The van der Waals surface area contributed by atoms with Gasteiger partial charge in [-0.1, -0.05) is 11.6 Å². The number of fused-ring (bicyclic) bond motifs is 2. The molecule has 1 amide bonds. The standard InChI is InChI=1S/C20H22ClN5O2/c1-20(2,3)24-14-9-12-11(5-6-22-13(12)10-15(14)28-4)17-16(21)18-19(27)23-7-8-26(18)25-17/h5-6,9-10,24H,7-8H2,1-4H3,(H,23,27). The fourth-order valence-corrected chi connectivity index (χ4v) is 3.72. The number of halogens is 1. The minimum atomic E-state index is -0.204. The number of amides is 1. The van der Waals surface area contributed by atoms with Gasteiger partial charge in [0.25, 0.3) is 5.91 Å². The molecule has 4 rings (SSSR count). The summed E-state index contributed by atoms with van der Waals surface area (Å²) in [5.41, 5.74) is 3.27. The predicted molar refractivity (Wildman–Crippen MR) is 110 cm³/mol. The molecule has 7 nitrogen and oxygen atoms in total. The van der Waals surface area contributed by atoms with Gasteiger partial charge in [0.2, 0.25) is 0 Å². The molecule has 0 radical (unpaired) electrons. The molecule has 146 valence electrons. The Labute approximate surface area is 168 Å². The van der Waals surface area contributed by atoms with E-state index in [1.807, 2.05) is 18.2 Å². The van der Waals surface area contributed by atoms with Crippen LogP contribution in [0.3, 0.4) is 0 Å². The van der Waals surface area contributed by atoms with Gasteiger partial charge in [0.1, 0.15) is 17.1 Å². The number of aromatic nitrogens is 3. The second-order valence-corrected chi connectivity index (χ2v) is 8.17. The van der Waals surface area contributed by atoms with Crippen LogP contribution in [0.1, 0.15) is 31.3 Å². The number of nitrogens with zero attached hydrogens (tertiary/aromatic N) is 3. The summed E-state index contributed by atoms with van der Waals surface area (Å²) in [6, 6.07) is 5.76. The SMILES string of the molecule is COc1cc2nccc(-c3nn4c(c3Cl)C(=O)NCC4)c2cc1NC(C)(C)C. The molecule has 1 aromatic carbocycles. The second-order valence-electron chi connectivity index (χ2n) is 7.79. The Kier molecular flexibility index (Phi) is 4.42. The third kappa shape index (κ3) is 3.16. The monoisotopic (exact) mass is 399 g/mol. The van der Waals surface area contributed by atoms with Crippen LogP contribution in [0.15, 0.2) is 24.4 Å². The number of carbonyl (C=O) groups excluding carboxylic acids is 1. The van der Waals surface area contributed by atoms with Crippen molar-refractivity contribution in [3.63, 3.8) is 0 Å². The summed E-state index contributed by atoms with van der Waals surface area (Å²) in [5.74, 6) is 0.506. The molecule has 2 N–H and O–H groups in total. The van der Waals surface area contributed by atoms with Gasteiger partial charge in [0.15, 0.2) is 0 Å². The van der Waals surface area contributed by atoms with E-state index < -0.39 is 0 Å². The molecular weight excluding hydrogens is 378 g/mol. The number of nitrogens with one attached hydrogen (secondary N) is 2. The summed E-state index contributed by atoms with van der Waals surface area (Å²) in [7, 11) is 1.64. The van der Waals surface area contributed by atoms with Crippen LogP contribution >= 0.6 is 11.6 Å². The summed E-state index contributed by atoms with van der Waals surface area (Å²) < 4.78 is 7.22. The number of rotatable bonds is 3. The maximum Gasteiger partial charge on any atom is 0.271 e. The van der Waals surface area contributed by atoms with Gasteiger partial charge in [-0.3, -0.25) is 14.5 Å². The molecule has 0 unspecified atom stereocenters. The second kappa shape index (κ2) is 6.67. The van der Waals surface area contributed by atoms with E-state index in [4.69, 9.17) is 16.3 Å². The Morgan fingerprint density at radius 3 is 2.79 bits per heavy atom. The van der Waals surface area contributed by atoms with E-state index in [0.717, 1.165) is 22.2 Å². The van der Waals surface area contributed by atoms with Crippen molar-refractivity contribution in [2.45, 2.75) is 32.9 Å². The first-order valence-corrected chi connectivity index (χ1v) is 9.46. The molecule has 0 saturated carbocycles. The van der Waals surface area contributed by atoms with Crippen molar-refractivity contribution in [1.82, 2.24) is 20.1 Å². The molecule has 3 heterocycles.